The summed E-state index contributed by atoms with van der Waals surface area (Å²) in [5, 5.41) is 38.4. The van der Waals surface area contributed by atoms with Gasteiger partial charge in [0.1, 0.15) is 28.2 Å². The molecule has 1 heterocycles. The van der Waals surface area contributed by atoms with E-state index in [9.17, 15) is 29.8 Å². The highest BCUT2D eigenvalue weighted by Crippen LogP contribution is 2.47. The molecule has 0 amide bonds. The number of hydrogen-bond acceptors (Lipinski definition) is 8. The van der Waals surface area contributed by atoms with E-state index in [1.165, 1.54) is 0 Å². The average molecular weight is 382 g/mol. The lowest BCUT2D eigenvalue weighted by Crippen LogP contribution is -2.01. The van der Waals surface area contributed by atoms with E-state index < -0.39 is 36.2 Å². The minimum absolute atomic E-state index is 0.0643. The number of phosphoric ester groups is 1. The van der Waals surface area contributed by atoms with Crippen molar-refractivity contribution in [3.63, 3.8) is 0 Å². The maximum Gasteiger partial charge on any atom is 0.524 e. The second kappa shape index (κ2) is 5.95. The average Bonchev–Trinajstić information content (AvgIpc) is 2.49. The van der Waals surface area contributed by atoms with Gasteiger partial charge in [0.05, 0.1) is 0 Å². The molecule has 10 nitrogen and oxygen atoms in total. The number of aromatic hydroxyl groups is 4. The zero-order chi connectivity index (χ0) is 19.2. The molecule has 0 aliphatic heterocycles. The fourth-order valence-corrected chi connectivity index (χ4v) is 2.72. The van der Waals surface area contributed by atoms with Crippen LogP contribution in [-0.4, -0.2) is 30.2 Å². The van der Waals surface area contributed by atoms with Gasteiger partial charge in [0.15, 0.2) is 16.9 Å². The normalized spacial score (nSPS) is 11.6. The number of phenolic OH excluding ortho intramolecular Hbond substituents is 4. The van der Waals surface area contributed by atoms with Crippen molar-refractivity contribution in [3.8, 4) is 40.1 Å². The zero-order valence-corrected chi connectivity index (χ0v) is 13.5. The van der Waals surface area contributed by atoms with Crippen molar-refractivity contribution in [2.75, 3.05) is 0 Å². The predicted octanol–water partition coefficient (Wildman–Crippen LogP) is 1.75. The largest absolute Gasteiger partial charge is 0.524 e. The van der Waals surface area contributed by atoms with Gasteiger partial charge in [-0.1, -0.05) is 0 Å². The molecule has 0 aliphatic carbocycles. The minimum Gasteiger partial charge on any atom is -0.508 e. The van der Waals surface area contributed by atoms with Gasteiger partial charge in [-0.3, -0.25) is 14.6 Å². The summed E-state index contributed by atoms with van der Waals surface area (Å²) >= 11 is 0. The molecule has 0 unspecified atom stereocenters. The van der Waals surface area contributed by atoms with Crippen molar-refractivity contribution in [3.05, 3.63) is 40.6 Å². The van der Waals surface area contributed by atoms with Crippen LogP contribution in [0.15, 0.2) is 39.5 Å². The van der Waals surface area contributed by atoms with Crippen LogP contribution >= 0.6 is 7.82 Å². The molecule has 0 bridgehead atoms. The van der Waals surface area contributed by atoms with Crippen LogP contribution in [0.1, 0.15) is 0 Å². The first-order valence-electron chi connectivity index (χ1n) is 6.86. The fraction of sp³-hybridized carbons (Fsp3) is 0. The van der Waals surface area contributed by atoms with Crippen LogP contribution in [0.2, 0.25) is 0 Å². The molecular formula is C15H11O10P. The van der Waals surface area contributed by atoms with Crippen LogP contribution < -0.4 is 9.95 Å². The highest BCUT2D eigenvalue weighted by atomic mass is 31.2. The SMILES string of the molecule is O=c1cc(-c2cc(O)c(O)c(OP(=O)(O)O)c2)oc2cc(O)cc(O)c12. The molecule has 3 rings (SSSR count). The number of rotatable bonds is 3. The lowest BCUT2D eigenvalue weighted by atomic mass is 10.1. The van der Waals surface area contributed by atoms with Gasteiger partial charge in [-0.05, 0) is 12.1 Å². The molecule has 26 heavy (non-hydrogen) atoms. The standard InChI is InChI=1S/C15H11O10P/c16-7-3-8(17)14-9(18)5-11(24-12(14)4-7)6-1-10(19)15(20)13(2-6)25-26(21,22)23/h1-5,16-17,19-20H,(H2,21,22,23). The molecule has 0 radical (unpaired) electrons. The summed E-state index contributed by atoms with van der Waals surface area (Å²) in [4.78, 5) is 29.9. The summed E-state index contributed by atoms with van der Waals surface area (Å²) in [5.74, 6) is -3.50. The molecule has 0 saturated carbocycles. The van der Waals surface area contributed by atoms with E-state index in [0.29, 0.717) is 0 Å². The van der Waals surface area contributed by atoms with Crippen molar-refractivity contribution in [2.24, 2.45) is 0 Å². The zero-order valence-electron chi connectivity index (χ0n) is 12.7. The maximum absolute atomic E-state index is 12.2. The Balaban J connectivity index is 2.24. The number of hydrogen-bond donors (Lipinski definition) is 6. The Kier molecular flexibility index (Phi) is 4.03. The van der Waals surface area contributed by atoms with Gasteiger partial charge in [-0.25, -0.2) is 4.57 Å². The number of benzene rings is 2. The monoisotopic (exact) mass is 382 g/mol. The topological polar surface area (TPSA) is 178 Å². The van der Waals surface area contributed by atoms with Crippen molar-refractivity contribution in [2.45, 2.75) is 0 Å². The predicted molar refractivity (Wildman–Crippen MR) is 87.3 cm³/mol. The van der Waals surface area contributed by atoms with Crippen LogP contribution in [0, 0.1) is 0 Å². The summed E-state index contributed by atoms with van der Waals surface area (Å²) < 4.78 is 20.7. The third-order valence-electron chi connectivity index (χ3n) is 3.35. The third-order valence-corrected chi connectivity index (χ3v) is 3.79. The van der Waals surface area contributed by atoms with Gasteiger partial charge in [-0.15, -0.1) is 0 Å². The number of phenols is 4. The molecule has 0 saturated heterocycles. The van der Waals surface area contributed by atoms with Crippen LogP contribution in [0.4, 0.5) is 0 Å². The first-order valence-corrected chi connectivity index (χ1v) is 8.39. The first kappa shape index (κ1) is 17.6. The Morgan fingerprint density at radius 3 is 2.27 bits per heavy atom. The van der Waals surface area contributed by atoms with Gasteiger partial charge in [-0.2, -0.15) is 0 Å². The Morgan fingerprint density at radius 2 is 1.62 bits per heavy atom. The van der Waals surface area contributed by atoms with Crippen molar-refractivity contribution in [1.82, 2.24) is 0 Å². The Hall–Kier alpha value is -3.20. The Bertz CT molecular complexity index is 1130. The van der Waals surface area contributed by atoms with E-state index in [0.717, 1.165) is 30.3 Å². The summed E-state index contributed by atoms with van der Waals surface area (Å²) in [5.41, 5.74) is -0.913. The first-order chi connectivity index (χ1) is 12.0. The molecule has 0 fully saturated rings. The molecule has 1 aromatic heterocycles. The number of fused-ring (bicyclic) bond motifs is 1. The minimum atomic E-state index is -5.04. The highest BCUT2D eigenvalue weighted by Gasteiger charge is 2.22. The Morgan fingerprint density at radius 1 is 0.923 bits per heavy atom. The van der Waals surface area contributed by atoms with Crippen LogP contribution in [0.3, 0.4) is 0 Å². The molecule has 136 valence electrons. The summed E-state index contributed by atoms with van der Waals surface area (Å²) in [6, 6.07) is 4.88. The van der Waals surface area contributed by atoms with Gasteiger partial charge >= 0.3 is 7.82 Å². The fourth-order valence-electron chi connectivity index (χ4n) is 2.33. The van der Waals surface area contributed by atoms with Crippen LogP contribution in [-0.2, 0) is 4.57 Å². The van der Waals surface area contributed by atoms with Crippen molar-refractivity contribution >= 4 is 18.8 Å². The molecule has 3 aromatic rings. The Labute approximate surface area is 144 Å². The maximum atomic E-state index is 12.2. The quantitative estimate of drug-likeness (QED) is 0.289. The molecule has 11 heteroatoms. The van der Waals surface area contributed by atoms with Crippen LogP contribution in [0.25, 0.3) is 22.3 Å². The molecule has 6 N–H and O–H groups in total. The molecule has 0 atom stereocenters. The third kappa shape index (κ3) is 3.29. The van der Waals surface area contributed by atoms with Crippen molar-refractivity contribution < 1.29 is 43.7 Å². The van der Waals surface area contributed by atoms with Gasteiger partial charge in [0.2, 0.25) is 5.75 Å². The van der Waals surface area contributed by atoms with Crippen molar-refractivity contribution in [1.29, 1.82) is 0 Å². The van der Waals surface area contributed by atoms with Crippen LogP contribution in [0.5, 0.6) is 28.7 Å². The number of phosphoric acid groups is 1. The summed E-state index contributed by atoms with van der Waals surface area (Å²) in [7, 11) is -5.04. The molecule has 0 aliphatic rings. The van der Waals surface area contributed by atoms with E-state index in [4.69, 9.17) is 14.2 Å². The smallest absolute Gasteiger partial charge is 0.508 e. The van der Waals surface area contributed by atoms with E-state index in [1.807, 2.05) is 0 Å². The lowest BCUT2D eigenvalue weighted by molar-refractivity contribution is 0.276. The summed E-state index contributed by atoms with van der Waals surface area (Å²) in [6.07, 6.45) is 0. The van der Waals surface area contributed by atoms with Gasteiger partial charge in [0.25, 0.3) is 0 Å². The molecule has 0 spiro atoms. The summed E-state index contributed by atoms with van der Waals surface area (Å²) in [6.45, 7) is 0. The lowest BCUT2D eigenvalue weighted by Gasteiger charge is -2.12. The van der Waals surface area contributed by atoms with E-state index in [1.54, 1.807) is 0 Å². The van der Waals surface area contributed by atoms with E-state index >= 15 is 0 Å². The molecule has 2 aromatic carbocycles. The van der Waals surface area contributed by atoms with E-state index in [2.05, 4.69) is 4.52 Å². The second-order valence-electron chi connectivity index (χ2n) is 5.24. The van der Waals surface area contributed by atoms with Gasteiger partial charge in [0, 0.05) is 23.8 Å². The highest BCUT2D eigenvalue weighted by molar-refractivity contribution is 7.46. The van der Waals surface area contributed by atoms with E-state index in [-0.39, 0.29) is 28.0 Å². The van der Waals surface area contributed by atoms with Gasteiger partial charge < -0.3 is 29.4 Å². The molecular weight excluding hydrogens is 371 g/mol. The second-order valence-corrected chi connectivity index (χ2v) is 6.40.